The van der Waals surface area contributed by atoms with Gasteiger partial charge in [-0.25, -0.2) is 9.69 Å². The molecule has 2 aromatic carbocycles. The summed E-state index contributed by atoms with van der Waals surface area (Å²) < 4.78 is 37.8. The van der Waals surface area contributed by atoms with Gasteiger partial charge >= 0.3 is 11.5 Å². The van der Waals surface area contributed by atoms with Crippen LogP contribution in [0.4, 0.5) is 29.3 Å². The molecule has 1 saturated carbocycles. The number of benzene rings is 2. The van der Waals surface area contributed by atoms with Crippen LogP contribution in [-0.4, -0.2) is 32.9 Å². The van der Waals surface area contributed by atoms with E-state index in [2.05, 4.69) is 4.98 Å². The normalized spacial score (nSPS) is 17.6. The molecule has 1 spiro atoms. The molecule has 3 amide bonds. The van der Waals surface area contributed by atoms with Gasteiger partial charge in [-0.2, -0.15) is 13.2 Å². The largest absolute Gasteiger partial charge is 0.446 e. The number of carbonyl (C=O) groups is 2. The van der Waals surface area contributed by atoms with E-state index in [4.69, 9.17) is 5.73 Å². The Morgan fingerprint density at radius 2 is 1.78 bits per heavy atom. The lowest BCUT2D eigenvalue weighted by Gasteiger charge is -2.22. The molecule has 1 aliphatic heterocycles. The van der Waals surface area contributed by atoms with E-state index in [1.807, 2.05) is 6.07 Å². The molecule has 0 atom stereocenters. The number of pyridine rings is 1. The molecule has 0 radical (unpaired) electrons. The second kappa shape index (κ2) is 7.13. The van der Waals surface area contributed by atoms with Crippen molar-refractivity contribution >= 4 is 46.0 Å². The van der Waals surface area contributed by atoms with E-state index in [9.17, 15) is 22.8 Å². The highest BCUT2D eigenvalue weighted by molar-refractivity contribution is 8.00. The van der Waals surface area contributed by atoms with Crippen LogP contribution < -0.4 is 10.6 Å². The molecule has 10 heteroatoms. The lowest BCUT2D eigenvalue weighted by atomic mass is 10.1. The van der Waals surface area contributed by atoms with Crippen molar-refractivity contribution in [3.63, 3.8) is 0 Å². The van der Waals surface area contributed by atoms with Crippen LogP contribution in [-0.2, 0) is 11.3 Å². The lowest BCUT2D eigenvalue weighted by molar-refractivity contribution is -0.120. The maximum Gasteiger partial charge on any atom is 0.446 e. The molecule has 2 N–H and O–H groups in total. The van der Waals surface area contributed by atoms with Crippen molar-refractivity contribution in [2.75, 3.05) is 10.6 Å². The van der Waals surface area contributed by atoms with Crippen LogP contribution >= 0.6 is 11.8 Å². The summed E-state index contributed by atoms with van der Waals surface area (Å²) in [6.45, 7) is 0.214. The van der Waals surface area contributed by atoms with Gasteiger partial charge in [0.25, 0.3) is 5.91 Å². The number of thioether (sulfide) groups is 1. The number of nitrogens with two attached hydrogens (primary N) is 1. The Morgan fingerprint density at radius 1 is 1.06 bits per heavy atom. The van der Waals surface area contributed by atoms with Gasteiger partial charge in [0.1, 0.15) is 5.54 Å². The maximum atomic E-state index is 13.3. The van der Waals surface area contributed by atoms with Crippen molar-refractivity contribution in [1.29, 1.82) is 0 Å². The van der Waals surface area contributed by atoms with Crippen molar-refractivity contribution in [3.8, 4) is 0 Å². The van der Waals surface area contributed by atoms with Gasteiger partial charge in [0.15, 0.2) is 0 Å². The van der Waals surface area contributed by atoms with E-state index in [0.717, 1.165) is 15.8 Å². The van der Waals surface area contributed by atoms with E-state index in [-0.39, 0.29) is 34.8 Å². The molecule has 1 aromatic heterocycles. The molecule has 2 fully saturated rings. The van der Waals surface area contributed by atoms with Crippen molar-refractivity contribution in [3.05, 3.63) is 60.3 Å². The third kappa shape index (κ3) is 3.44. The van der Waals surface area contributed by atoms with E-state index in [1.165, 1.54) is 24.3 Å². The van der Waals surface area contributed by atoms with Gasteiger partial charge < -0.3 is 10.6 Å². The summed E-state index contributed by atoms with van der Waals surface area (Å²) in [5, 5.41) is 0.838. The highest BCUT2D eigenvalue weighted by Crippen LogP contribution is 2.50. The molecule has 1 aliphatic carbocycles. The van der Waals surface area contributed by atoms with Crippen LogP contribution in [0.5, 0.6) is 0 Å². The summed E-state index contributed by atoms with van der Waals surface area (Å²) in [4.78, 5) is 33.4. The van der Waals surface area contributed by atoms with E-state index in [1.54, 1.807) is 29.3 Å². The maximum absolute atomic E-state index is 13.3. The number of amides is 3. The number of nitrogens with zero attached hydrogens (tertiary/aromatic N) is 3. The topological polar surface area (TPSA) is 79.5 Å². The zero-order valence-corrected chi connectivity index (χ0v) is 17.4. The highest BCUT2D eigenvalue weighted by atomic mass is 32.2. The van der Waals surface area contributed by atoms with E-state index in [0.29, 0.717) is 24.0 Å². The van der Waals surface area contributed by atoms with Crippen LogP contribution in [0.25, 0.3) is 10.9 Å². The Labute approximate surface area is 185 Å². The number of carbonyl (C=O) groups excluding carboxylic acids is 2. The van der Waals surface area contributed by atoms with Crippen molar-refractivity contribution in [1.82, 2.24) is 9.88 Å². The highest BCUT2D eigenvalue weighted by Gasteiger charge is 2.65. The number of alkyl halides is 3. The van der Waals surface area contributed by atoms with Crippen LogP contribution in [0.2, 0.25) is 0 Å². The fourth-order valence-corrected chi connectivity index (χ4v) is 4.63. The fourth-order valence-electron chi connectivity index (χ4n) is 4.09. The summed E-state index contributed by atoms with van der Waals surface area (Å²) in [6.07, 6.45) is 2.73. The Hall–Kier alpha value is -3.27. The minimum Gasteiger partial charge on any atom is -0.399 e. The molecular formula is C22H17F3N4O2S. The third-order valence-electron chi connectivity index (χ3n) is 5.78. The average molecular weight is 458 g/mol. The third-order valence-corrected chi connectivity index (χ3v) is 6.52. The van der Waals surface area contributed by atoms with Crippen molar-refractivity contribution in [2.24, 2.45) is 0 Å². The minimum atomic E-state index is -4.41. The first-order chi connectivity index (χ1) is 15.2. The number of nitrogen functional groups attached to an aromatic ring is 1. The summed E-state index contributed by atoms with van der Waals surface area (Å²) in [7, 11) is 0. The first kappa shape index (κ1) is 20.6. The molecule has 2 heterocycles. The molecule has 5 rings (SSSR count). The summed E-state index contributed by atoms with van der Waals surface area (Å²) in [5.74, 6) is -0.346. The average Bonchev–Trinajstić information content (AvgIpc) is 3.50. The number of urea groups is 1. The minimum absolute atomic E-state index is 0.0131. The number of aromatic nitrogens is 1. The first-order valence-corrected chi connectivity index (χ1v) is 10.6. The quantitative estimate of drug-likeness (QED) is 0.341. The van der Waals surface area contributed by atoms with Crippen LogP contribution in [0, 0.1) is 0 Å². The molecule has 3 aromatic rings. The predicted molar refractivity (Wildman–Crippen MR) is 115 cm³/mol. The van der Waals surface area contributed by atoms with Gasteiger partial charge in [0.05, 0.1) is 11.2 Å². The van der Waals surface area contributed by atoms with Gasteiger partial charge in [-0.1, -0.05) is 6.07 Å². The Kier molecular flexibility index (Phi) is 4.59. The molecule has 0 unspecified atom stereocenters. The summed E-state index contributed by atoms with van der Waals surface area (Å²) in [5.41, 5.74) is 2.89. The zero-order valence-electron chi connectivity index (χ0n) is 16.6. The number of rotatable bonds is 4. The van der Waals surface area contributed by atoms with Crippen molar-refractivity contribution in [2.45, 2.75) is 35.3 Å². The number of anilines is 2. The van der Waals surface area contributed by atoms with Gasteiger partial charge in [-0.3, -0.25) is 9.78 Å². The standard InChI is InChI=1S/C22H17F3N4O2S/c23-22(24,25)32-16-4-2-15(3-5-16)29-19(30)21(8-9-21)28(20(29)31)12-13-7-10-27-18-11-14(26)1-6-17(13)18/h1-7,10-11H,8-9,12,26H2. The molecule has 1 saturated heterocycles. The second-order valence-corrected chi connectivity index (χ2v) is 8.97. The summed E-state index contributed by atoms with van der Waals surface area (Å²) >= 11 is -0.244. The molecule has 164 valence electrons. The molecule has 0 bridgehead atoms. The van der Waals surface area contributed by atoms with E-state index >= 15 is 0 Å². The lowest BCUT2D eigenvalue weighted by Crippen LogP contribution is -2.36. The van der Waals surface area contributed by atoms with Crippen LogP contribution in [0.3, 0.4) is 0 Å². The van der Waals surface area contributed by atoms with E-state index < -0.39 is 17.1 Å². The number of hydrogen-bond acceptors (Lipinski definition) is 5. The number of halogens is 3. The number of hydrogen-bond donors (Lipinski definition) is 1. The van der Waals surface area contributed by atoms with Gasteiger partial charge in [0.2, 0.25) is 0 Å². The predicted octanol–water partition coefficient (Wildman–Crippen LogP) is 4.93. The molecule has 32 heavy (non-hydrogen) atoms. The Morgan fingerprint density at radius 3 is 2.44 bits per heavy atom. The van der Waals surface area contributed by atoms with Gasteiger partial charge in [0, 0.05) is 28.7 Å². The van der Waals surface area contributed by atoms with Crippen LogP contribution in [0.15, 0.2) is 59.6 Å². The molecular weight excluding hydrogens is 441 g/mol. The van der Waals surface area contributed by atoms with Gasteiger partial charge in [-0.05, 0) is 72.6 Å². The zero-order chi connectivity index (χ0) is 22.7. The molecule has 2 aliphatic rings. The number of fused-ring (bicyclic) bond motifs is 1. The fraction of sp³-hybridized carbons (Fsp3) is 0.227. The smallest absolute Gasteiger partial charge is 0.399 e. The van der Waals surface area contributed by atoms with Crippen molar-refractivity contribution < 1.29 is 22.8 Å². The Balaban J connectivity index is 1.45. The second-order valence-electron chi connectivity index (χ2n) is 7.83. The first-order valence-electron chi connectivity index (χ1n) is 9.83. The van der Waals surface area contributed by atoms with Gasteiger partial charge in [-0.15, -0.1) is 0 Å². The SMILES string of the molecule is Nc1ccc2c(CN3C(=O)N(c4ccc(SC(F)(F)F)cc4)C(=O)C34CC4)ccnc2c1. The number of imide groups is 1. The summed E-state index contributed by atoms with van der Waals surface area (Å²) in [6, 6.07) is 11.9. The van der Waals surface area contributed by atoms with Crippen LogP contribution in [0.1, 0.15) is 18.4 Å². The molecule has 6 nitrogen and oxygen atoms in total. The Bertz CT molecular complexity index is 1240. The monoisotopic (exact) mass is 458 g/mol.